The molecule has 15 heavy (non-hydrogen) atoms. The van der Waals surface area contributed by atoms with E-state index in [9.17, 15) is 5.11 Å². The van der Waals surface area contributed by atoms with Gasteiger partial charge in [-0.2, -0.15) is 5.10 Å². The van der Waals surface area contributed by atoms with E-state index in [4.69, 9.17) is 10.5 Å². The summed E-state index contributed by atoms with van der Waals surface area (Å²) in [5.74, 6) is 1.42. The molecule has 1 heterocycles. The van der Waals surface area contributed by atoms with E-state index < -0.39 is 0 Å². The smallest absolute Gasteiger partial charge is 0.147 e. The van der Waals surface area contributed by atoms with E-state index in [1.54, 1.807) is 18.7 Å². The maximum Gasteiger partial charge on any atom is 0.147 e. The standard InChI is InChI=1S/C9H18N4O2/c1-6-11-7(2)13(12-6)9(4-14)8(10)5-15-3/h8-9,14H,4-5,10H2,1-3H3. The summed E-state index contributed by atoms with van der Waals surface area (Å²) >= 11 is 0. The quantitative estimate of drug-likeness (QED) is 0.683. The van der Waals surface area contributed by atoms with Crippen molar-refractivity contribution in [2.24, 2.45) is 5.73 Å². The summed E-state index contributed by atoms with van der Waals surface area (Å²) in [7, 11) is 1.58. The van der Waals surface area contributed by atoms with Crippen molar-refractivity contribution in [2.45, 2.75) is 25.9 Å². The molecule has 0 radical (unpaired) electrons. The van der Waals surface area contributed by atoms with Crippen molar-refractivity contribution < 1.29 is 9.84 Å². The van der Waals surface area contributed by atoms with Crippen molar-refractivity contribution in [3.63, 3.8) is 0 Å². The highest BCUT2D eigenvalue weighted by molar-refractivity contribution is 4.92. The number of ether oxygens (including phenoxy) is 1. The van der Waals surface area contributed by atoms with Crippen molar-refractivity contribution in [1.29, 1.82) is 0 Å². The average Bonchev–Trinajstić information content (AvgIpc) is 2.47. The Hall–Kier alpha value is -0.980. The Morgan fingerprint density at radius 1 is 1.53 bits per heavy atom. The van der Waals surface area contributed by atoms with Gasteiger partial charge >= 0.3 is 0 Å². The Bertz CT molecular complexity index is 313. The molecule has 1 aromatic heterocycles. The van der Waals surface area contributed by atoms with Gasteiger partial charge in [-0.3, -0.25) is 0 Å². The van der Waals surface area contributed by atoms with E-state index >= 15 is 0 Å². The topological polar surface area (TPSA) is 86.2 Å². The van der Waals surface area contributed by atoms with Gasteiger partial charge in [0.25, 0.3) is 0 Å². The average molecular weight is 214 g/mol. The van der Waals surface area contributed by atoms with Crippen LogP contribution in [0, 0.1) is 13.8 Å². The van der Waals surface area contributed by atoms with Crippen LogP contribution in [-0.2, 0) is 4.74 Å². The van der Waals surface area contributed by atoms with Gasteiger partial charge in [-0.25, -0.2) is 9.67 Å². The molecular weight excluding hydrogens is 196 g/mol. The zero-order valence-corrected chi connectivity index (χ0v) is 9.34. The van der Waals surface area contributed by atoms with Gasteiger partial charge in [0.1, 0.15) is 11.6 Å². The summed E-state index contributed by atoms with van der Waals surface area (Å²) in [5.41, 5.74) is 5.88. The van der Waals surface area contributed by atoms with Gasteiger partial charge in [0.05, 0.1) is 25.3 Å². The predicted octanol–water partition coefficient (Wildman–Crippen LogP) is -0.598. The molecule has 2 atom stereocenters. The Kier molecular flexibility index (Phi) is 4.19. The van der Waals surface area contributed by atoms with Gasteiger partial charge in [0, 0.05) is 7.11 Å². The van der Waals surface area contributed by atoms with Crippen molar-refractivity contribution in [3.05, 3.63) is 11.6 Å². The van der Waals surface area contributed by atoms with Crippen molar-refractivity contribution in [1.82, 2.24) is 14.8 Å². The lowest BCUT2D eigenvalue weighted by molar-refractivity contribution is 0.123. The van der Waals surface area contributed by atoms with E-state index in [-0.39, 0.29) is 18.7 Å². The second-order valence-electron chi connectivity index (χ2n) is 3.52. The van der Waals surface area contributed by atoms with Gasteiger partial charge in [0.15, 0.2) is 0 Å². The van der Waals surface area contributed by atoms with Crippen LogP contribution < -0.4 is 5.73 Å². The summed E-state index contributed by atoms with van der Waals surface area (Å²) in [6.45, 7) is 3.94. The molecule has 2 unspecified atom stereocenters. The molecule has 1 aromatic rings. The minimum atomic E-state index is -0.292. The van der Waals surface area contributed by atoms with Gasteiger partial charge in [0.2, 0.25) is 0 Å². The highest BCUT2D eigenvalue weighted by atomic mass is 16.5. The summed E-state index contributed by atoms with van der Waals surface area (Å²) in [6.07, 6.45) is 0. The van der Waals surface area contributed by atoms with Crippen LogP contribution in [-0.4, -0.2) is 46.2 Å². The minimum absolute atomic E-state index is 0.0752. The van der Waals surface area contributed by atoms with Crippen LogP contribution >= 0.6 is 0 Å². The first kappa shape index (κ1) is 12.1. The van der Waals surface area contributed by atoms with Gasteiger partial charge in [-0.05, 0) is 13.8 Å². The molecule has 3 N–H and O–H groups in total. The Labute approximate surface area is 89.1 Å². The molecule has 0 bridgehead atoms. The molecule has 0 saturated heterocycles. The number of aliphatic hydroxyl groups excluding tert-OH is 1. The van der Waals surface area contributed by atoms with Crippen LogP contribution in [0.4, 0.5) is 0 Å². The number of nitrogens with zero attached hydrogens (tertiary/aromatic N) is 3. The van der Waals surface area contributed by atoms with E-state index in [2.05, 4.69) is 10.1 Å². The zero-order valence-electron chi connectivity index (χ0n) is 9.34. The number of aliphatic hydroxyl groups is 1. The summed E-state index contributed by atoms with van der Waals surface area (Å²) in [4.78, 5) is 4.17. The van der Waals surface area contributed by atoms with Crippen LogP contribution in [0.25, 0.3) is 0 Å². The lowest BCUT2D eigenvalue weighted by Crippen LogP contribution is -2.39. The third-order valence-electron chi connectivity index (χ3n) is 2.26. The van der Waals surface area contributed by atoms with Gasteiger partial charge < -0.3 is 15.6 Å². The maximum absolute atomic E-state index is 9.29. The molecule has 6 heteroatoms. The van der Waals surface area contributed by atoms with Crippen LogP contribution in [0.2, 0.25) is 0 Å². The molecule has 0 fully saturated rings. The van der Waals surface area contributed by atoms with Crippen molar-refractivity contribution >= 4 is 0 Å². The SMILES string of the molecule is COCC(N)C(CO)n1nc(C)nc1C. The molecule has 86 valence electrons. The normalized spacial score (nSPS) is 15.3. The zero-order chi connectivity index (χ0) is 11.4. The second-order valence-corrected chi connectivity index (χ2v) is 3.52. The molecule has 0 aromatic carbocycles. The van der Waals surface area contributed by atoms with Crippen molar-refractivity contribution in [3.8, 4) is 0 Å². The van der Waals surface area contributed by atoms with E-state index in [1.165, 1.54) is 0 Å². The largest absolute Gasteiger partial charge is 0.394 e. The second kappa shape index (κ2) is 5.20. The Balaban J connectivity index is 2.86. The molecule has 0 aliphatic rings. The molecule has 0 aliphatic carbocycles. The molecule has 0 saturated carbocycles. The first-order valence-electron chi connectivity index (χ1n) is 4.85. The fraction of sp³-hybridized carbons (Fsp3) is 0.778. The Morgan fingerprint density at radius 2 is 2.20 bits per heavy atom. The molecule has 1 rings (SSSR count). The summed E-state index contributed by atoms with van der Waals surface area (Å²) < 4.78 is 6.61. The molecule has 0 spiro atoms. The summed E-state index contributed by atoms with van der Waals surface area (Å²) in [5, 5.41) is 13.5. The number of aromatic nitrogens is 3. The van der Waals surface area contributed by atoms with Crippen LogP contribution in [0.1, 0.15) is 17.7 Å². The number of methoxy groups -OCH3 is 1. The molecule has 6 nitrogen and oxygen atoms in total. The molecule has 0 aliphatic heterocycles. The number of rotatable bonds is 5. The lowest BCUT2D eigenvalue weighted by atomic mass is 10.1. The molecule has 0 amide bonds. The Morgan fingerprint density at radius 3 is 2.60 bits per heavy atom. The molecular formula is C9H18N4O2. The third kappa shape index (κ3) is 2.74. The van der Waals surface area contributed by atoms with Gasteiger partial charge in [-0.15, -0.1) is 0 Å². The summed E-state index contributed by atoms with van der Waals surface area (Å²) in [6, 6.07) is -0.578. The van der Waals surface area contributed by atoms with Gasteiger partial charge in [-0.1, -0.05) is 0 Å². The lowest BCUT2D eigenvalue weighted by Gasteiger charge is -2.22. The van der Waals surface area contributed by atoms with Crippen LogP contribution in [0.3, 0.4) is 0 Å². The van der Waals surface area contributed by atoms with E-state index in [0.29, 0.717) is 12.4 Å². The fourth-order valence-electron chi connectivity index (χ4n) is 1.55. The van der Waals surface area contributed by atoms with Crippen LogP contribution in [0.5, 0.6) is 0 Å². The predicted molar refractivity (Wildman–Crippen MR) is 55.5 cm³/mol. The van der Waals surface area contributed by atoms with Crippen LogP contribution in [0.15, 0.2) is 0 Å². The highest BCUT2D eigenvalue weighted by Gasteiger charge is 2.21. The number of hydrogen-bond donors (Lipinski definition) is 2. The number of nitrogens with two attached hydrogens (primary N) is 1. The highest BCUT2D eigenvalue weighted by Crippen LogP contribution is 2.11. The third-order valence-corrected chi connectivity index (χ3v) is 2.26. The monoisotopic (exact) mass is 214 g/mol. The maximum atomic E-state index is 9.29. The first-order valence-corrected chi connectivity index (χ1v) is 4.85. The minimum Gasteiger partial charge on any atom is -0.394 e. The number of hydrogen-bond acceptors (Lipinski definition) is 5. The first-order chi connectivity index (χ1) is 7.10. The number of aryl methyl sites for hydroxylation is 2. The van der Waals surface area contributed by atoms with E-state index in [1.807, 2.05) is 6.92 Å². The fourth-order valence-corrected chi connectivity index (χ4v) is 1.55. The van der Waals surface area contributed by atoms with E-state index in [0.717, 1.165) is 5.82 Å². The van der Waals surface area contributed by atoms with Crippen molar-refractivity contribution in [2.75, 3.05) is 20.3 Å².